The molecule has 2 aromatic rings. The fourth-order valence-electron chi connectivity index (χ4n) is 4.65. The summed E-state index contributed by atoms with van der Waals surface area (Å²) in [5, 5.41) is 34.5. The number of benzene rings is 1. The molecule has 1 unspecified atom stereocenters. The quantitative estimate of drug-likeness (QED) is 0.532. The Hall–Kier alpha value is -3.91. The van der Waals surface area contributed by atoms with E-state index in [4.69, 9.17) is 5.10 Å². The lowest BCUT2D eigenvalue weighted by Crippen LogP contribution is -2.40. The number of aliphatic imine (C=N–C) groups is 1. The monoisotopic (exact) mass is 471 g/mol. The molecular weight excluding hydrogens is 442 g/mol. The Morgan fingerprint density at radius 1 is 1.11 bits per heavy atom. The van der Waals surface area contributed by atoms with Crippen LogP contribution in [0.2, 0.25) is 0 Å². The largest absolute Gasteiger partial charge is 0.382 e. The number of fused-ring (bicyclic) bond motifs is 1. The lowest BCUT2D eigenvalue weighted by Gasteiger charge is -2.26. The van der Waals surface area contributed by atoms with Gasteiger partial charge in [-0.05, 0) is 57.0 Å². The van der Waals surface area contributed by atoms with Crippen molar-refractivity contribution in [3.63, 3.8) is 0 Å². The van der Waals surface area contributed by atoms with Crippen LogP contribution in [-0.2, 0) is 0 Å². The highest BCUT2D eigenvalue weighted by atomic mass is 15.5. The van der Waals surface area contributed by atoms with Gasteiger partial charge in [0.1, 0.15) is 12.7 Å². The molecule has 0 spiro atoms. The number of amidine groups is 2. The van der Waals surface area contributed by atoms with Crippen LogP contribution in [0.4, 0.5) is 11.4 Å². The van der Waals surface area contributed by atoms with Crippen molar-refractivity contribution in [1.82, 2.24) is 30.0 Å². The Morgan fingerprint density at radius 2 is 1.94 bits per heavy atom. The third kappa shape index (κ3) is 4.70. The van der Waals surface area contributed by atoms with E-state index in [1.165, 1.54) is 25.9 Å². The Kier molecular flexibility index (Phi) is 5.79. The molecule has 2 fully saturated rings. The number of hydrogen-bond donors (Lipinski definition) is 3. The van der Waals surface area contributed by atoms with Crippen molar-refractivity contribution in [3.8, 4) is 11.8 Å². The standard InChI is InChI=1S/C24H29N11/c25-13-19-14-27-24-21(30-17-3-4-17)12-23(32-35(19)24)31-18-5-6-20(22(11-18)34-15-28-29-16-34)26-7-10-33-8-1-2-9-33/h5-6,11-12,15-17,19,26,30H,1-4,7-10,14H2,(H,31,32). The van der Waals surface area contributed by atoms with Crippen molar-refractivity contribution >= 4 is 23.0 Å². The van der Waals surface area contributed by atoms with E-state index in [0.717, 1.165) is 54.5 Å². The Balaban J connectivity index is 1.23. The number of nitrogens with zero attached hydrogens (tertiary/aromatic N) is 8. The summed E-state index contributed by atoms with van der Waals surface area (Å²) in [7, 11) is 0. The van der Waals surface area contributed by atoms with Gasteiger partial charge >= 0.3 is 0 Å². The second-order valence-corrected chi connectivity index (χ2v) is 9.32. The maximum absolute atomic E-state index is 9.56. The van der Waals surface area contributed by atoms with Crippen LogP contribution in [0.15, 0.2) is 52.7 Å². The average Bonchev–Trinajstić information content (AvgIpc) is 3.29. The van der Waals surface area contributed by atoms with Gasteiger partial charge in [-0.1, -0.05) is 0 Å². The van der Waals surface area contributed by atoms with Crippen molar-refractivity contribution in [3.05, 3.63) is 42.6 Å². The number of hydrogen-bond acceptors (Lipinski definition) is 10. The molecule has 1 aromatic heterocycles. The van der Waals surface area contributed by atoms with Gasteiger partial charge < -0.3 is 20.9 Å². The zero-order valence-electron chi connectivity index (χ0n) is 19.6. The minimum atomic E-state index is -0.388. The van der Waals surface area contributed by atoms with Gasteiger partial charge in [-0.3, -0.25) is 9.56 Å². The van der Waals surface area contributed by atoms with E-state index in [-0.39, 0.29) is 6.04 Å². The molecular formula is C24H29N11. The summed E-state index contributed by atoms with van der Waals surface area (Å²) in [6, 6.07) is 8.55. The average molecular weight is 472 g/mol. The second kappa shape index (κ2) is 9.38. The topological polar surface area (TPSA) is 122 Å². The molecule has 1 atom stereocenters. The van der Waals surface area contributed by atoms with Gasteiger partial charge in [-0.15, -0.1) is 10.2 Å². The number of rotatable bonds is 8. The number of aromatic nitrogens is 3. The van der Waals surface area contributed by atoms with Crippen LogP contribution in [0.1, 0.15) is 25.7 Å². The lowest BCUT2D eigenvalue weighted by atomic mass is 10.2. The van der Waals surface area contributed by atoms with E-state index in [9.17, 15) is 5.26 Å². The Morgan fingerprint density at radius 3 is 2.71 bits per heavy atom. The normalized spacial score (nSPS) is 21.6. The SMILES string of the molecule is N#CC1CN=C2C(NC3CC3)=CC(Nc3ccc(NCCN4CCCC4)c(-n4cnnc4)c3)=NN21. The summed E-state index contributed by atoms with van der Waals surface area (Å²) in [4.78, 5) is 7.05. The zero-order chi connectivity index (χ0) is 23.6. The number of nitrogens with one attached hydrogen (secondary N) is 3. The van der Waals surface area contributed by atoms with E-state index in [1.54, 1.807) is 17.7 Å². The zero-order valence-corrected chi connectivity index (χ0v) is 19.6. The summed E-state index contributed by atoms with van der Waals surface area (Å²) in [5.41, 5.74) is 3.77. The molecule has 4 heterocycles. The number of anilines is 2. The smallest absolute Gasteiger partial charge is 0.169 e. The van der Waals surface area contributed by atoms with Crippen LogP contribution in [0, 0.1) is 11.3 Å². The fourth-order valence-corrected chi connectivity index (χ4v) is 4.65. The van der Waals surface area contributed by atoms with E-state index >= 15 is 0 Å². The van der Waals surface area contributed by atoms with Crippen molar-refractivity contribution < 1.29 is 0 Å². The molecule has 11 heteroatoms. The van der Waals surface area contributed by atoms with Crippen LogP contribution in [0.25, 0.3) is 5.69 Å². The molecule has 0 amide bonds. The van der Waals surface area contributed by atoms with Gasteiger partial charge in [0.2, 0.25) is 0 Å². The minimum Gasteiger partial charge on any atom is -0.382 e. The first kappa shape index (κ1) is 21.6. The lowest BCUT2D eigenvalue weighted by molar-refractivity contribution is 0.352. The highest BCUT2D eigenvalue weighted by molar-refractivity contribution is 6.13. The van der Waals surface area contributed by atoms with Gasteiger partial charge in [-0.2, -0.15) is 10.4 Å². The molecule has 1 saturated heterocycles. The summed E-state index contributed by atoms with van der Waals surface area (Å²) in [6.07, 6.45) is 10.3. The van der Waals surface area contributed by atoms with Gasteiger partial charge in [0.25, 0.3) is 0 Å². The molecule has 3 N–H and O–H groups in total. The molecule has 1 aromatic carbocycles. The van der Waals surface area contributed by atoms with Crippen LogP contribution >= 0.6 is 0 Å². The maximum atomic E-state index is 9.56. The van der Waals surface area contributed by atoms with Crippen molar-refractivity contribution in [2.75, 3.05) is 43.4 Å². The molecule has 180 valence electrons. The van der Waals surface area contributed by atoms with Gasteiger partial charge in [0.15, 0.2) is 17.7 Å². The predicted octanol–water partition coefficient (Wildman–Crippen LogP) is 1.76. The summed E-state index contributed by atoms with van der Waals surface area (Å²) in [5.74, 6) is 1.41. The number of nitriles is 1. The van der Waals surface area contributed by atoms with Gasteiger partial charge in [0, 0.05) is 30.9 Å². The molecule has 35 heavy (non-hydrogen) atoms. The predicted molar refractivity (Wildman–Crippen MR) is 134 cm³/mol. The van der Waals surface area contributed by atoms with Crippen LogP contribution in [0.3, 0.4) is 0 Å². The fraction of sp³-hybridized carbons (Fsp3) is 0.458. The highest BCUT2D eigenvalue weighted by Gasteiger charge is 2.35. The van der Waals surface area contributed by atoms with E-state index in [1.807, 2.05) is 16.7 Å². The van der Waals surface area contributed by atoms with E-state index in [2.05, 4.69) is 54.2 Å². The first-order valence-electron chi connectivity index (χ1n) is 12.3. The van der Waals surface area contributed by atoms with E-state index < -0.39 is 0 Å². The summed E-state index contributed by atoms with van der Waals surface area (Å²) >= 11 is 0. The molecule has 1 aliphatic carbocycles. The first-order valence-corrected chi connectivity index (χ1v) is 12.3. The Bertz CT molecular complexity index is 1200. The molecule has 3 aliphatic heterocycles. The van der Waals surface area contributed by atoms with Crippen LogP contribution < -0.4 is 16.0 Å². The molecule has 4 aliphatic rings. The first-order chi connectivity index (χ1) is 17.3. The van der Waals surface area contributed by atoms with Crippen molar-refractivity contribution in [2.24, 2.45) is 10.1 Å². The number of likely N-dealkylation sites (tertiary alicyclic amines) is 1. The van der Waals surface area contributed by atoms with Gasteiger partial charge in [-0.25, -0.2) is 5.01 Å². The van der Waals surface area contributed by atoms with Gasteiger partial charge in [0.05, 0.1) is 29.7 Å². The molecule has 6 rings (SSSR count). The number of hydrazone groups is 1. The summed E-state index contributed by atoms with van der Waals surface area (Å²) in [6.45, 7) is 4.71. The minimum absolute atomic E-state index is 0.388. The summed E-state index contributed by atoms with van der Waals surface area (Å²) < 4.78 is 1.90. The maximum Gasteiger partial charge on any atom is 0.169 e. The Labute approximate surface area is 204 Å². The van der Waals surface area contributed by atoms with Crippen molar-refractivity contribution in [2.45, 2.75) is 37.8 Å². The highest BCUT2D eigenvalue weighted by Crippen LogP contribution is 2.27. The second-order valence-electron chi connectivity index (χ2n) is 9.32. The molecule has 11 nitrogen and oxygen atoms in total. The molecule has 0 radical (unpaired) electrons. The van der Waals surface area contributed by atoms with Crippen molar-refractivity contribution in [1.29, 1.82) is 5.26 Å². The third-order valence-corrected chi connectivity index (χ3v) is 6.66. The van der Waals surface area contributed by atoms with E-state index in [0.29, 0.717) is 18.4 Å². The molecule has 1 saturated carbocycles. The third-order valence-electron chi connectivity index (χ3n) is 6.66. The van der Waals surface area contributed by atoms with Crippen LogP contribution in [0.5, 0.6) is 0 Å². The van der Waals surface area contributed by atoms with Crippen LogP contribution in [-0.4, -0.2) is 81.2 Å². The molecule has 0 bridgehead atoms.